The number of nitrogens with zero attached hydrogens (tertiary/aromatic N) is 1. The van der Waals surface area contributed by atoms with Crippen molar-refractivity contribution in [3.63, 3.8) is 0 Å². The van der Waals surface area contributed by atoms with Crippen molar-refractivity contribution in [2.75, 3.05) is 13.2 Å². The molecule has 134 valence electrons. The number of ether oxygens (including phenoxy) is 2. The molecule has 0 atom stereocenters. The van der Waals surface area contributed by atoms with Gasteiger partial charge in [-0.2, -0.15) is 0 Å². The Morgan fingerprint density at radius 1 is 1.15 bits per heavy atom. The SMILES string of the molecule is ON/C=C\C=C1\C=CC(OCCOc2ccc3ccc[n+](O)c3c2)=CC1. The summed E-state index contributed by atoms with van der Waals surface area (Å²) in [5.74, 6) is 1.49. The van der Waals surface area contributed by atoms with E-state index in [-0.39, 0.29) is 0 Å². The number of allylic oxidation sites excluding steroid dienone is 6. The molecule has 0 amide bonds. The number of hydrogen-bond acceptors (Lipinski definition) is 5. The van der Waals surface area contributed by atoms with Crippen LogP contribution in [-0.4, -0.2) is 23.6 Å². The third-order valence-corrected chi connectivity index (χ3v) is 3.85. The summed E-state index contributed by atoms with van der Waals surface area (Å²) >= 11 is 0. The number of aromatic nitrogens is 1. The molecule has 0 saturated carbocycles. The second-order valence-corrected chi connectivity index (χ2v) is 5.64. The van der Waals surface area contributed by atoms with E-state index in [1.807, 2.05) is 48.0 Å². The predicted molar refractivity (Wildman–Crippen MR) is 96.8 cm³/mol. The third kappa shape index (κ3) is 4.64. The average Bonchev–Trinajstić information content (AvgIpc) is 2.67. The first-order chi connectivity index (χ1) is 12.8. The van der Waals surface area contributed by atoms with Crippen LogP contribution in [0.25, 0.3) is 10.9 Å². The van der Waals surface area contributed by atoms with E-state index >= 15 is 0 Å². The first kappa shape index (κ1) is 17.6. The minimum absolute atomic E-state index is 0.405. The van der Waals surface area contributed by atoms with Crippen molar-refractivity contribution >= 4 is 10.9 Å². The second-order valence-electron chi connectivity index (χ2n) is 5.64. The van der Waals surface area contributed by atoms with Crippen molar-refractivity contribution in [1.29, 1.82) is 0 Å². The van der Waals surface area contributed by atoms with Crippen LogP contribution in [0.15, 0.2) is 84.4 Å². The van der Waals surface area contributed by atoms with E-state index in [2.05, 4.69) is 0 Å². The molecule has 1 aliphatic carbocycles. The molecule has 3 N–H and O–H groups in total. The molecule has 0 spiro atoms. The van der Waals surface area contributed by atoms with Gasteiger partial charge in [0.2, 0.25) is 6.20 Å². The van der Waals surface area contributed by atoms with Gasteiger partial charge in [-0.15, -0.1) is 0 Å². The standard InChI is InChI=1S/C20H21N2O4/c23-21-11-1-3-16-5-8-18(9-6-16)25-13-14-26-19-10-7-17-4-2-12-22(24)20(17)15-19/h1-5,7-12,15,21,23-24H,6,13-14H2/q+1/b11-1-,16-3-. The van der Waals surface area contributed by atoms with Crippen molar-refractivity contribution in [1.82, 2.24) is 5.48 Å². The van der Waals surface area contributed by atoms with Crippen LogP contribution >= 0.6 is 0 Å². The fraction of sp³-hybridized carbons (Fsp3) is 0.150. The van der Waals surface area contributed by atoms with Gasteiger partial charge in [-0.25, -0.2) is 0 Å². The molecule has 6 heteroatoms. The molecule has 1 aromatic carbocycles. The van der Waals surface area contributed by atoms with Crippen LogP contribution in [0.2, 0.25) is 0 Å². The molecule has 1 aromatic heterocycles. The second kappa shape index (κ2) is 8.73. The summed E-state index contributed by atoms with van der Waals surface area (Å²) in [5.41, 5.74) is 3.77. The van der Waals surface area contributed by atoms with Gasteiger partial charge in [-0.1, -0.05) is 12.2 Å². The van der Waals surface area contributed by atoms with Gasteiger partial charge < -0.3 is 9.47 Å². The number of pyridine rings is 1. The van der Waals surface area contributed by atoms with Crippen LogP contribution in [0, 0.1) is 0 Å². The van der Waals surface area contributed by atoms with E-state index in [0.29, 0.717) is 24.5 Å². The van der Waals surface area contributed by atoms with E-state index in [0.717, 1.165) is 27.9 Å². The molecule has 3 rings (SSSR count). The van der Waals surface area contributed by atoms with Crippen LogP contribution in [0.1, 0.15) is 6.42 Å². The summed E-state index contributed by atoms with van der Waals surface area (Å²) < 4.78 is 12.5. The largest absolute Gasteiger partial charge is 0.490 e. The first-order valence-corrected chi connectivity index (χ1v) is 8.29. The monoisotopic (exact) mass is 353 g/mol. The number of rotatable bonds is 7. The molecule has 2 aromatic rings. The summed E-state index contributed by atoms with van der Waals surface area (Å²) in [5, 5.41) is 19.2. The molecule has 1 aliphatic rings. The lowest BCUT2D eigenvalue weighted by Crippen LogP contribution is -2.29. The number of benzene rings is 1. The number of fused-ring (bicyclic) bond motifs is 1. The Bertz CT molecular complexity index is 885. The molecule has 1 heterocycles. The van der Waals surface area contributed by atoms with E-state index < -0.39 is 0 Å². The molecule has 0 unspecified atom stereocenters. The minimum Gasteiger partial charge on any atom is -0.490 e. The fourth-order valence-corrected chi connectivity index (χ4v) is 2.57. The molecular weight excluding hydrogens is 332 g/mol. The Labute approximate surface area is 151 Å². The Morgan fingerprint density at radius 3 is 2.85 bits per heavy atom. The van der Waals surface area contributed by atoms with E-state index in [1.165, 1.54) is 6.20 Å². The van der Waals surface area contributed by atoms with Crippen molar-refractivity contribution in [2.45, 2.75) is 6.42 Å². The molecule has 0 fully saturated rings. The number of hydroxylamine groups is 1. The predicted octanol–water partition coefficient (Wildman–Crippen LogP) is 3.02. The number of nitrogens with one attached hydrogen (secondary N) is 1. The average molecular weight is 353 g/mol. The molecule has 0 radical (unpaired) electrons. The van der Waals surface area contributed by atoms with E-state index in [9.17, 15) is 5.21 Å². The molecule has 0 bridgehead atoms. The van der Waals surface area contributed by atoms with Gasteiger partial charge >= 0.3 is 0 Å². The fourth-order valence-electron chi connectivity index (χ4n) is 2.57. The highest BCUT2D eigenvalue weighted by Gasteiger charge is 2.08. The summed E-state index contributed by atoms with van der Waals surface area (Å²) in [4.78, 5) is 0. The lowest BCUT2D eigenvalue weighted by molar-refractivity contribution is -0.884. The van der Waals surface area contributed by atoms with E-state index in [1.54, 1.807) is 24.4 Å². The molecule has 6 nitrogen and oxygen atoms in total. The van der Waals surface area contributed by atoms with Gasteiger partial charge in [0.25, 0.3) is 5.52 Å². The van der Waals surface area contributed by atoms with E-state index in [4.69, 9.17) is 14.7 Å². The first-order valence-electron chi connectivity index (χ1n) is 8.29. The minimum atomic E-state index is 0.405. The van der Waals surface area contributed by atoms with Crippen LogP contribution in [0.3, 0.4) is 0 Å². The Morgan fingerprint density at radius 2 is 2.04 bits per heavy atom. The van der Waals surface area contributed by atoms with Crippen molar-refractivity contribution < 1.29 is 24.6 Å². The number of hydrogen-bond donors (Lipinski definition) is 3. The molecule has 26 heavy (non-hydrogen) atoms. The zero-order valence-electron chi connectivity index (χ0n) is 14.2. The lowest BCUT2D eigenvalue weighted by Gasteiger charge is -2.12. The summed E-state index contributed by atoms with van der Waals surface area (Å²) in [6, 6.07) is 9.27. The Hall–Kier alpha value is -3.25. The van der Waals surface area contributed by atoms with Gasteiger partial charge in [0, 0.05) is 17.0 Å². The van der Waals surface area contributed by atoms with Crippen LogP contribution < -0.4 is 14.9 Å². The topological polar surface area (TPSA) is 74.8 Å². The molecule has 0 saturated heterocycles. The van der Waals surface area contributed by atoms with Gasteiger partial charge in [0.1, 0.15) is 24.7 Å². The quantitative estimate of drug-likeness (QED) is 0.309. The Balaban J connectivity index is 1.46. The highest BCUT2D eigenvalue weighted by Crippen LogP contribution is 2.19. The van der Waals surface area contributed by atoms with Gasteiger partial charge in [-0.05, 0) is 48.4 Å². The summed E-state index contributed by atoms with van der Waals surface area (Å²) in [6.45, 7) is 0.831. The van der Waals surface area contributed by atoms with Gasteiger partial charge in [0.15, 0.2) is 0 Å². The maximum atomic E-state index is 9.82. The summed E-state index contributed by atoms with van der Waals surface area (Å²) in [6.07, 6.45) is 13.3. The van der Waals surface area contributed by atoms with Crippen LogP contribution in [-0.2, 0) is 4.74 Å². The normalized spacial score (nSPS) is 15.4. The van der Waals surface area contributed by atoms with Crippen LogP contribution in [0.4, 0.5) is 0 Å². The third-order valence-electron chi connectivity index (χ3n) is 3.85. The van der Waals surface area contributed by atoms with Gasteiger partial charge in [-0.3, -0.25) is 15.9 Å². The van der Waals surface area contributed by atoms with Crippen LogP contribution in [0.5, 0.6) is 5.75 Å². The zero-order chi connectivity index (χ0) is 18.2. The smallest absolute Gasteiger partial charge is 0.268 e. The maximum Gasteiger partial charge on any atom is 0.268 e. The highest BCUT2D eigenvalue weighted by molar-refractivity contribution is 5.76. The zero-order valence-corrected chi connectivity index (χ0v) is 14.2. The van der Waals surface area contributed by atoms with Crippen molar-refractivity contribution in [2.24, 2.45) is 0 Å². The lowest BCUT2D eigenvalue weighted by atomic mass is 10.1. The summed E-state index contributed by atoms with van der Waals surface area (Å²) in [7, 11) is 0. The van der Waals surface area contributed by atoms with Gasteiger partial charge in [0.05, 0.1) is 11.5 Å². The van der Waals surface area contributed by atoms with Crippen molar-refractivity contribution in [3.8, 4) is 5.75 Å². The Kier molecular flexibility index (Phi) is 5.90. The molecule has 0 aliphatic heterocycles. The molecular formula is C20H21N2O4+. The highest BCUT2D eigenvalue weighted by atomic mass is 16.5. The van der Waals surface area contributed by atoms with Crippen molar-refractivity contribution in [3.05, 3.63) is 84.4 Å². The maximum absolute atomic E-state index is 9.82.